The Morgan fingerprint density at radius 2 is 1.28 bits per heavy atom. The van der Waals surface area contributed by atoms with E-state index in [0.29, 0.717) is 0 Å². The molecule has 0 bridgehead atoms. The Bertz CT molecular complexity index is 1030. The van der Waals surface area contributed by atoms with E-state index in [-0.39, 0.29) is 34.2 Å². The van der Waals surface area contributed by atoms with Gasteiger partial charge in [-0.25, -0.2) is 0 Å². The highest BCUT2D eigenvalue weighted by Gasteiger charge is 2.50. The summed E-state index contributed by atoms with van der Waals surface area (Å²) >= 11 is 3.65. The molecule has 6 rings (SSSR count). The van der Waals surface area contributed by atoms with Crippen molar-refractivity contribution < 1.29 is 9.59 Å². The van der Waals surface area contributed by atoms with Crippen LogP contribution in [0.4, 0.5) is 0 Å². The molecule has 6 aliphatic rings. The highest BCUT2D eigenvalue weighted by Crippen LogP contribution is 2.54. The maximum absolute atomic E-state index is 13.0. The fourth-order valence-corrected chi connectivity index (χ4v) is 7.70. The molecule has 0 aromatic rings. The van der Waals surface area contributed by atoms with Crippen LogP contribution in [0.25, 0.3) is 0 Å². The molecule has 0 spiro atoms. The molecule has 2 N–H and O–H groups in total. The molecular formula is C23H20N2O2S2. The summed E-state index contributed by atoms with van der Waals surface area (Å²) in [5, 5.41) is 7.86. The van der Waals surface area contributed by atoms with Crippen LogP contribution in [0.3, 0.4) is 0 Å². The smallest absolute Gasteiger partial charge is 0.165 e. The number of allylic oxidation sites excluding steroid dienone is 8. The fraction of sp³-hybridized carbons (Fsp3) is 0.304. The van der Waals surface area contributed by atoms with Gasteiger partial charge >= 0.3 is 0 Å². The largest absolute Gasteiger partial charge is 0.379 e. The van der Waals surface area contributed by atoms with Gasteiger partial charge in [-0.15, -0.1) is 23.5 Å². The van der Waals surface area contributed by atoms with Gasteiger partial charge in [0.1, 0.15) is 0 Å². The summed E-state index contributed by atoms with van der Waals surface area (Å²) in [5.74, 6) is -0.880. The third kappa shape index (κ3) is 2.69. The molecule has 6 atom stereocenters. The first kappa shape index (κ1) is 17.7. The van der Waals surface area contributed by atoms with Gasteiger partial charge in [-0.2, -0.15) is 0 Å². The minimum Gasteiger partial charge on any atom is -0.379 e. The van der Waals surface area contributed by atoms with Gasteiger partial charge in [-0.3, -0.25) is 9.59 Å². The number of hydrogen-bond acceptors (Lipinski definition) is 6. The van der Waals surface area contributed by atoms with Crippen molar-refractivity contribution in [3.63, 3.8) is 0 Å². The number of hydrogen-bond donors (Lipinski definition) is 2. The van der Waals surface area contributed by atoms with Gasteiger partial charge in [0.2, 0.25) is 0 Å². The number of ketones is 2. The van der Waals surface area contributed by atoms with Crippen molar-refractivity contribution in [2.45, 2.75) is 29.0 Å². The molecule has 2 aliphatic heterocycles. The van der Waals surface area contributed by atoms with Crippen LogP contribution in [-0.2, 0) is 9.59 Å². The summed E-state index contributed by atoms with van der Waals surface area (Å²) in [6, 6.07) is 0.288. The molecule has 0 amide bonds. The summed E-state index contributed by atoms with van der Waals surface area (Å²) in [6.45, 7) is 0. The Hall–Kier alpha value is -2.18. The van der Waals surface area contributed by atoms with E-state index in [9.17, 15) is 9.59 Å². The van der Waals surface area contributed by atoms with E-state index < -0.39 is 11.8 Å². The third-order valence-electron chi connectivity index (χ3n) is 6.21. The number of carbonyl (C=O) groups is 2. The quantitative estimate of drug-likeness (QED) is 0.587. The second kappa shape index (κ2) is 6.67. The lowest BCUT2D eigenvalue weighted by Crippen LogP contribution is -2.53. The second-order valence-electron chi connectivity index (χ2n) is 7.95. The first-order valence-electron chi connectivity index (χ1n) is 10.00. The van der Waals surface area contributed by atoms with Crippen LogP contribution in [0.2, 0.25) is 0 Å². The lowest BCUT2D eigenvalue weighted by molar-refractivity contribution is -0.127. The minimum atomic E-state index is -0.455. The van der Waals surface area contributed by atoms with Crippen molar-refractivity contribution in [1.29, 1.82) is 0 Å². The Morgan fingerprint density at radius 1 is 0.724 bits per heavy atom. The normalized spacial score (nSPS) is 39.0. The predicted octanol–water partition coefficient (Wildman–Crippen LogP) is 3.15. The van der Waals surface area contributed by atoms with Crippen LogP contribution >= 0.6 is 23.5 Å². The van der Waals surface area contributed by atoms with Gasteiger partial charge in [-0.05, 0) is 18.6 Å². The van der Waals surface area contributed by atoms with E-state index in [1.54, 1.807) is 0 Å². The molecule has 0 saturated heterocycles. The summed E-state index contributed by atoms with van der Waals surface area (Å²) in [4.78, 5) is 28.2. The van der Waals surface area contributed by atoms with Crippen molar-refractivity contribution in [2.75, 3.05) is 0 Å². The van der Waals surface area contributed by atoms with E-state index in [1.807, 2.05) is 29.6 Å². The molecule has 29 heavy (non-hydrogen) atoms. The van der Waals surface area contributed by atoms with E-state index >= 15 is 0 Å². The van der Waals surface area contributed by atoms with Gasteiger partial charge in [0.15, 0.2) is 11.6 Å². The minimum absolute atomic E-state index is 0.0146. The maximum atomic E-state index is 13.0. The standard InChI is InChI=1S/C23H20N2O2S2/c26-14-10-11-15(27)19-18(14)20-22(28-16-8-3-1-2-6-12(16)24-20)23-21(19)25-13-7-4-5-9-17(13)29-23/h2-13,16-19,24-25H,1H2. The van der Waals surface area contributed by atoms with Crippen LogP contribution in [0.5, 0.6) is 0 Å². The number of fused-ring (bicyclic) bond motifs is 6. The highest BCUT2D eigenvalue weighted by molar-refractivity contribution is 8.09. The van der Waals surface area contributed by atoms with Crippen LogP contribution in [0.15, 0.2) is 82.0 Å². The fourth-order valence-electron chi connectivity index (χ4n) is 4.84. The molecule has 0 aromatic carbocycles. The zero-order valence-electron chi connectivity index (χ0n) is 15.6. The molecule has 6 heteroatoms. The Morgan fingerprint density at radius 3 is 1.97 bits per heavy atom. The Labute approximate surface area is 178 Å². The Balaban J connectivity index is 1.52. The summed E-state index contributed by atoms with van der Waals surface area (Å²) in [6.07, 6.45) is 21.2. The van der Waals surface area contributed by atoms with Crippen molar-refractivity contribution in [3.05, 3.63) is 82.0 Å². The van der Waals surface area contributed by atoms with Gasteiger partial charge in [0.25, 0.3) is 0 Å². The summed E-state index contributed by atoms with van der Waals surface area (Å²) < 4.78 is 0. The number of rotatable bonds is 0. The molecule has 0 aromatic heterocycles. The van der Waals surface area contributed by atoms with Gasteiger partial charge in [0.05, 0.1) is 34.4 Å². The average Bonchev–Trinajstić information content (AvgIpc) is 2.98. The van der Waals surface area contributed by atoms with E-state index in [4.69, 9.17) is 0 Å². The van der Waals surface area contributed by atoms with Crippen LogP contribution in [0.1, 0.15) is 6.42 Å². The topological polar surface area (TPSA) is 58.2 Å². The van der Waals surface area contributed by atoms with E-state index in [2.05, 4.69) is 53.2 Å². The lowest BCUT2D eigenvalue weighted by Gasteiger charge is -2.46. The van der Waals surface area contributed by atoms with E-state index in [1.165, 1.54) is 12.2 Å². The molecule has 4 nitrogen and oxygen atoms in total. The van der Waals surface area contributed by atoms with Gasteiger partial charge in [-0.1, -0.05) is 48.6 Å². The summed E-state index contributed by atoms with van der Waals surface area (Å²) in [7, 11) is 0. The third-order valence-corrected chi connectivity index (χ3v) is 9.10. The van der Waals surface area contributed by atoms with Crippen molar-refractivity contribution >= 4 is 35.1 Å². The zero-order chi connectivity index (χ0) is 19.5. The second-order valence-corrected chi connectivity index (χ2v) is 10.3. The molecule has 146 valence electrons. The highest BCUT2D eigenvalue weighted by atomic mass is 32.2. The molecular weight excluding hydrogens is 400 g/mol. The summed E-state index contributed by atoms with van der Waals surface area (Å²) in [5.41, 5.74) is 1.87. The maximum Gasteiger partial charge on any atom is 0.165 e. The average molecular weight is 421 g/mol. The number of nitrogens with one attached hydrogen (secondary N) is 2. The van der Waals surface area contributed by atoms with Crippen molar-refractivity contribution in [2.24, 2.45) is 11.8 Å². The van der Waals surface area contributed by atoms with Crippen molar-refractivity contribution in [1.82, 2.24) is 10.6 Å². The first-order valence-corrected chi connectivity index (χ1v) is 11.8. The van der Waals surface area contributed by atoms with Gasteiger partial charge in [0, 0.05) is 21.2 Å². The molecule has 0 fully saturated rings. The Kier molecular flexibility index (Phi) is 4.06. The van der Waals surface area contributed by atoms with E-state index in [0.717, 1.165) is 27.6 Å². The van der Waals surface area contributed by atoms with Crippen LogP contribution < -0.4 is 10.6 Å². The molecule has 0 radical (unpaired) electrons. The molecule has 6 unspecified atom stereocenters. The number of carbonyl (C=O) groups excluding carboxylic acids is 2. The number of thioether (sulfide) groups is 2. The monoisotopic (exact) mass is 420 g/mol. The zero-order valence-corrected chi connectivity index (χ0v) is 17.2. The predicted molar refractivity (Wildman–Crippen MR) is 118 cm³/mol. The molecule has 4 aliphatic carbocycles. The van der Waals surface area contributed by atoms with Gasteiger partial charge < -0.3 is 10.6 Å². The van der Waals surface area contributed by atoms with Crippen LogP contribution in [0, 0.1) is 11.8 Å². The molecule has 2 heterocycles. The molecule has 0 saturated carbocycles. The van der Waals surface area contributed by atoms with Crippen LogP contribution in [-0.4, -0.2) is 34.2 Å². The lowest BCUT2D eigenvalue weighted by atomic mass is 9.74. The first-order chi connectivity index (χ1) is 14.2. The SMILES string of the molecule is O=C1C=CC(=O)C2C3=C(SC4C=CCC=CC4N3)C3=C(NC4C=CC=CC4S3)C12. The van der Waals surface area contributed by atoms with Crippen molar-refractivity contribution in [3.8, 4) is 0 Å².